The largest absolute Gasteiger partial charge is 0.348 e. The number of aromatic nitrogens is 1. The van der Waals surface area contributed by atoms with Crippen LogP contribution in [0.1, 0.15) is 44.0 Å². The van der Waals surface area contributed by atoms with Crippen LogP contribution in [-0.4, -0.2) is 10.5 Å². The molecule has 0 unspecified atom stereocenters. The molecule has 3 rings (SSSR count). The van der Waals surface area contributed by atoms with Gasteiger partial charge in [0.2, 0.25) is 0 Å². The van der Waals surface area contributed by atoms with E-state index in [0.717, 1.165) is 28.9 Å². The molecule has 1 heterocycles. The molecule has 1 N–H and O–H groups in total. The van der Waals surface area contributed by atoms with E-state index >= 15 is 0 Å². The number of rotatable bonds is 5. The van der Waals surface area contributed by atoms with E-state index in [1.165, 1.54) is 11.1 Å². The fraction of sp³-hybridized carbons (Fsp3) is 0.280. The Kier molecular flexibility index (Phi) is 6.02. The van der Waals surface area contributed by atoms with E-state index in [0.29, 0.717) is 12.2 Å². The number of anilines is 1. The van der Waals surface area contributed by atoms with Gasteiger partial charge in [0, 0.05) is 29.7 Å². The molecule has 1 aromatic heterocycles. The Labute approximate surface area is 172 Å². The summed E-state index contributed by atoms with van der Waals surface area (Å²) in [5, 5.41) is 2.95. The molecule has 0 radical (unpaired) electrons. The molecule has 29 heavy (non-hydrogen) atoms. The Bertz CT molecular complexity index is 1090. The van der Waals surface area contributed by atoms with Crippen molar-refractivity contribution >= 4 is 11.6 Å². The number of amides is 1. The van der Waals surface area contributed by atoms with Crippen LogP contribution >= 0.6 is 0 Å². The van der Waals surface area contributed by atoms with E-state index in [-0.39, 0.29) is 16.9 Å². The molecule has 0 fully saturated rings. The van der Waals surface area contributed by atoms with Crippen LogP contribution < -0.4 is 10.7 Å². The Balaban J connectivity index is 1.91. The highest BCUT2D eigenvalue weighted by atomic mass is 16.2. The number of aryl methyl sites for hydroxylation is 5. The van der Waals surface area contributed by atoms with Gasteiger partial charge >= 0.3 is 0 Å². The molecule has 2 aromatic carbocycles. The van der Waals surface area contributed by atoms with Crippen LogP contribution in [0.4, 0.5) is 5.69 Å². The Morgan fingerprint density at radius 2 is 1.55 bits per heavy atom. The van der Waals surface area contributed by atoms with Crippen molar-refractivity contribution in [3.05, 3.63) is 98.0 Å². The van der Waals surface area contributed by atoms with Crippen molar-refractivity contribution in [2.45, 2.75) is 47.6 Å². The molecule has 0 aliphatic rings. The Hall–Kier alpha value is -3.14. The van der Waals surface area contributed by atoms with Gasteiger partial charge in [0.15, 0.2) is 5.43 Å². The molecule has 0 spiro atoms. The number of hydrogen-bond acceptors (Lipinski definition) is 2. The first kappa shape index (κ1) is 20.6. The summed E-state index contributed by atoms with van der Waals surface area (Å²) < 4.78 is 2.06. The zero-order valence-corrected chi connectivity index (χ0v) is 17.8. The van der Waals surface area contributed by atoms with Crippen molar-refractivity contribution in [1.82, 2.24) is 4.57 Å². The van der Waals surface area contributed by atoms with Crippen molar-refractivity contribution in [3.8, 4) is 0 Å². The first-order chi connectivity index (χ1) is 13.8. The van der Waals surface area contributed by atoms with Crippen LogP contribution in [-0.2, 0) is 13.0 Å². The lowest BCUT2D eigenvalue weighted by Crippen LogP contribution is -2.27. The predicted octanol–water partition coefficient (Wildman–Crippen LogP) is 4.89. The normalized spacial score (nSPS) is 10.8. The van der Waals surface area contributed by atoms with Crippen LogP contribution in [0.3, 0.4) is 0 Å². The van der Waals surface area contributed by atoms with Gasteiger partial charge in [0.1, 0.15) is 5.56 Å². The van der Waals surface area contributed by atoms with E-state index in [2.05, 4.69) is 41.1 Å². The quantitative estimate of drug-likeness (QED) is 0.677. The first-order valence-corrected chi connectivity index (χ1v) is 9.92. The van der Waals surface area contributed by atoms with Crippen LogP contribution in [0.15, 0.2) is 53.3 Å². The average Bonchev–Trinajstić information content (AvgIpc) is 2.66. The average molecular weight is 389 g/mol. The SMILES string of the molecule is Cc1ccc(CCn2c(C)cc(=O)c(C(=O)Nc3c(C)cccc3C)c2C)cc1. The molecule has 0 saturated carbocycles. The number of benzene rings is 2. The van der Waals surface area contributed by atoms with Crippen LogP contribution in [0.25, 0.3) is 0 Å². The van der Waals surface area contributed by atoms with Crippen molar-refractivity contribution in [1.29, 1.82) is 0 Å². The predicted molar refractivity (Wildman–Crippen MR) is 119 cm³/mol. The van der Waals surface area contributed by atoms with Crippen LogP contribution in [0, 0.1) is 34.6 Å². The van der Waals surface area contributed by atoms with Crippen molar-refractivity contribution in [3.63, 3.8) is 0 Å². The first-order valence-electron chi connectivity index (χ1n) is 9.92. The van der Waals surface area contributed by atoms with Crippen LogP contribution in [0.5, 0.6) is 0 Å². The standard InChI is InChI=1S/C25H28N2O2/c1-16-9-11-21(12-10-16)13-14-27-19(4)15-22(28)23(20(27)5)25(29)26-24-17(2)7-6-8-18(24)3/h6-12,15H,13-14H2,1-5H3,(H,26,29). The third-order valence-corrected chi connectivity index (χ3v) is 5.47. The zero-order chi connectivity index (χ0) is 21.1. The highest BCUT2D eigenvalue weighted by Gasteiger charge is 2.19. The lowest BCUT2D eigenvalue weighted by atomic mass is 10.1. The molecule has 1 amide bonds. The van der Waals surface area contributed by atoms with Crippen molar-refractivity contribution < 1.29 is 4.79 Å². The van der Waals surface area contributed by atoms with Gasteiger partial charge in [-0.3, -0.25) is 9.59 Å². The molecule has 3 aromatic rings. The minimum absolute atomic E-state index is 0.210. The second-order valence-electron chi connectivity index (χ2n) is 7.72. The highest BCUT2D eigenvalue weighted by Crippen LogP contribution is 2.21. The summed E-state index contributed by atoms with van der Waals surface area (Å²) >= 11 is 0. The number of para-hydroxylation sites is 1. The number of nitrogens with zero attached hydrogens (tertiary/aromatic N) is 1. The third kappa shape index (κ3) is 4.48. The molecule has 0 bridgehead atoms. The van der Waals surface area contributed by atoms with Gasteiger partial charge in [0.25, 0.3) is 5.91 Å². The van der Waals surface area contributed by atoms with E-state index in [1.807, 2.05) is 45.9 Å². The van der Waals surface area contributed by atoms with Gasteiger partial charge in [-0.1, -0.05) is 48.0 Å². The summed E-state index contributed by atoms with van der Waals surface area (Å²) in [7, 11) is 0. The lowest BCUT2D eigenvalue weighted by Gasteiger charge is -2.18. The summed E-state index contributed by atoms with van der Waals surface area (Å²) in [6.07, 6.45) is 0.836. The van der Waals surface area contributed by atoms with Crippen LogP contribution in [0.2, 0.25) is 0 Å². The maximum Gasteiger partial charge on any atom is 0.261 e. The number of carbonyl (C=O) groups excluding carboxylic acids is 1. The minimum Gasteiger partial charge on any atom is -0.348 e. The summed E-state index contributed by atoms with van der Waals surface area (Å²) in [5.41, 5.74) is 6.71. The second kappa shape index (κ2) is 8.48. The maximum absolute atomic E-state index is 13.0. The number of nitrogens with one attached hydrogen (secondary N) is 1. The summed E-state index contributed by atoms with van der Waals surface area (Å²) in [6.45, 7) is 10.4. The third-order valence-electron chi connectivity index (χ3n) is 5.47. The Morgan fingerprint density at radius 1 is 0.931 bits per heavy atom. The summed E-state index contributed by atoms with van der Waals surface area (Å²) in [5.74, 6) is -0.353. The van der Waals surface area contributed by atoms with Gasteiger partial charge in [-0.15, -0.1) is 0 Å². The maximum atomic E-state index is 13.0. The van der Waals surface area contributed by atoms with Gasteiger partial charge in [0.05, 0.1) is 0 Å². The number of pyridine rings is 1. The summed E-state index contributed by atoms with van der Waals surface area (Å²) in [4.78, 5) is 25.7. The van der Waals surface area contributed by atoms with Gasteiger partial charge in [-0.25, -0.2) is 0 Å². The topological polar surface area (TPSA) is 51.1 Å². The molecule has 4 heteroatoms. The lowest BCUT2D eigenvalue weighted by molar-refractivity contribution is 0.102. The van der Waals surface area contributed by atoms with E-state index in [9.17, 15) is 9.59 Å². The Morgan fingerprint density at radius 3 is 2.17 bits per heavy atom. The monoisotopic (exact) mass is 388 g/mol. The van der Waals surface area contributed by atoms with E-state index < -0.39 is 0 Å². The van der Waals surface area contributed by atoms with E-state index in [1.54, 1.807) is 6.07 Å². The number of carbonyl (C=O) groups is 1. The van der Waals surface area contributed by atoms with Gasteiger partial charge in [-0.05, 0) is 57.7 Å². The molecular weight excluding hydrogens is 360 g/mol. The fourth-order valence-corrected chi connectivity index (χ4v) is 3.72. The minimum atomic E-state index is -0.353. The smallest absolute Gasteiger partial charge is 0.261 e. The molecule has 0 atom stereocenters. The number of hydrogen-bond donors (Lipinski definition) is 1. The molecule has 150 valence electrons. The second-order valence-corrected chi connectivity index (χ2v) is 7.72. The fourth-order valence-electron chi connectivity index (χ4n) is 3.72. The molecule has 4 nitrogen and oxygen atoms in total. The molecular formula is C25H28N2O2. The van der Waals surface area contributed by atoms with E-state index in [4.69, 9.17) is 0 Å². The molecule has 0 aliphatic heterocycles. The van der Waals surface area contributed by atoms with Crippen molar-refractivity contribution in [2.75, 3.05) is 5.32 Å². The van der Waals surface area contributed by atoms with Gasteiger partial charge < -0.3 is 9.88 Å². The molecule has 0 aliphatic carbocycles. The molecule has 0 saturated heterocycles. The van der Waals surface area contributed by atoms with Gasteiger partial charge in [-0.2, -0.15) is 0 Å². The summed E-state index contributed by atoms with van der Waals surface area (Å²) in [6, 6.07) is 15.9. The van der Waals surface area contributed by atoms with Crippen molar-refractivity contribution in [2.24, 2.45) is 0 Å². The highest BCUT2D eigenvalue weighted by molar-refractivity contribution is 6.05. The zero-order valence-electron chi connectivity index (χ0n) is 17.8.